The van der Waals surface area contributed by atoms with E-state index in [1.807, 2.05) is 0 Å². The first-order valence-corrected chi connectivity index (χ1v) is 9.33. The van der Waals surface area contributed by atoms with Crippen molar-refractivity contribution in [2.45, 2.75) is 31.8 Å². The molecule has 2 amide bonds. The van der Waals surface area contributed by atoms with Gasteiger partial charge >= 0.3 is 5.97 Å². The lowest BCUT2D eigenvalue weighted by Gasteiger charge is -2.21. The molecule has 0 saturated heterocycles. The molecule has 0 saturated carbocycles. The molecule has 2 aromatic carbocycles. The van der Waals surface area contributed by atoms with Crippen molar-refractivity contribution >= 4 is 33.7 Å². The first-order valence-electron chi connectivity index (χ1n) is 8.54. The van der Waals surface area contributed by atoms with E-state index >= 15 is 0 Å². The Morgan fingerprint density at radius 1 is 1.00 bits per heavy atom. The fourth-order valence-electron chi connectivity index (χ4n) is 2.67. The lowest BCUT2D eigenvalue weighted by molar-refractivity contribution is -0.142. The zero-order chi connectivity index (χ0) is 20.7. The highest BCUT2D eigenvalue weighted by atomic mass is 79.9. The molecule has 2 rings (SSSR count). The van der Waals surface area contributed by atoms with Crippen LogP contribution in [-0.4, -0.2) is 35.0 Å². The highest BCUT2D eigenvalue weighted by molar-refractivity contribution is 9.10. The summed E-state index contributed by atoms with van der Waals surface area (Å²) in [5.41, 5.74) is 1.36. The third-order valence-electron chi connectivity index (χ3n) is 4.04. The number of carboxylic acid groups (broad SMARTS) is 1. The van der Waals surface area contributed by atoms with Gasteiger partial charge in [0.1, 0.15) is 17.9 Å². The number of carbonyl (C=O) groups is 3. The molecular weight excluding hydrogens is 431 g/mol. The van der Waals surface area contributed by atoms with E-state index < -0.39 is 35.7 Å². The van der Waals surface area contributed by atoms with Crippen molar-refractivity contribution in [1.82, 2.24) is 10.6 Å². The van der Waals surface area contributed by atoms with E-state index in [2.05, 4.69) is 26.6 Å². The Morgan fingerprint density at radius 3 is 2.21 bits per heavy atom. The highest BCUT2D eigenvalue weighted by Gasteiger charge is 2.26. The number of halogens is 2. The molecule has 0 heterocycles. The van der Waals surface area contributed by atoms with Crippen LogP contribution >= 0.6 is 15.9 Å². The average Bonchev–Trinajstić information content (AvgIpc) is 2.63. The number of aliphatic carboxylic acids is 1. The second-order valence-electron chi connectivity index (χ2n) is 6.28. The molecule has 0 radical (unpaired) electrons. The predicted octanol–water partition coefficient (Wildman–Crippen LogP) is 2.45. The van der Waals surface area contributed by atoms with Gasteiger partial charge in [0.05, 0.1) is 0 Å². The van der Waals surface area contributed by atoms with Gasteiger partial charge in [0.15, 0.2) is 0 Å². The van der Waals surface area contributed by atoms with Gasteiger partial charge in [-0.1, -0.05) is 46.3 Å². The van der Waals surface area contributed by atoms with Crippen molar-refractivity contribution in [2.24, 2.45) is 0 Å². The van der Waals surface area contributed by atoms with Gasteiger partial charge in [-0.05, 0) is 29.3 Å². The van der Waals surface area contributed by atoms with Crippen molar-refractivity contribution < 1.29 is 23.9 Å². The van der Waals surface area contributed by atoms with Gasteiger partial charge in [-0.15, -0.1) is 0 Å². The Hall–Kier alpha value is -2.74. The van der Waals surface area contributed by atoms with E-state index in [4.69, 9.17) is 0 Å². The maximum atomic E-state index is 13.1. The molecule has 148 valence electrons. The van der Waals surface area contributed by atoms with E-state index in [1.165, 1.54) is 31.2 Å². The molecule has 0 aliphatic carbocycles. The van der Waals surface area contributed by atoms with Crippen LogP contribution in [0.15, 0.2) is 53.0 Å². The summed E-state index contributed by atoms with van der Waals surface area (Å²) in [4.78, 5) is 35.8. The molecule has 0 aliphatic heterocycles. The van der Waals surface area contributed by atoms with Crippen LogP contribution in [0.5, 0.6) is 0 Å². The topological polar surface area (TPSA) is 95.5 Å². The van der Waals surface area contributed by atoms with Crippen LogP contribution in [0.25, 0.3) is 0 Å². The summed E-state index contributed by atoms with van der Waals surface area (Å²) in [6.07, 6.45) is 0.179. The monoisotopic (exact) mass is 450 g/mol. The second-order valence-corrected chi connectivity index (χ2v) is 7.13. The van der Waals surface area contributed by atoms with Crippen molar-refractivity contribution in [3.63, 3.8) is 0 Å². The van der Waals surface area contributed by atoms with Gasteiger partial charge in [0.25, 0.3) is 0 Å². The predicted molar refractivity (Wildman–Crippen MR) is 105 cm³/mol. The quantitative estimate of drug-likeness (QED) is 0.575. The summed E-state index contributed by atoms with van der Waals surface area (Å²) in [6, 6.07) is 10.5. The number of hydrogen-bond acceptors (Lipinski definition) is 3. The van der Waals surface area contributed by atoms with Crippen LogP contribution in [0.3, 0.4) is 0 Å². The van der Waals surface area contributed by atoms with Crippen molar-refractivity contribution in [2.75, 3.05) is 0 Å². The first kappa shape index (κ1) is 21.6. The molecule has 2 aromatic rings. The van der Waals surface area contributed by atoms with Gasteiger partial charge in [0.2, 0.25) is 11.8 Å². The molecule has 3 N–H and O–H groups in total. The molecule has 0 fully saturated rings. The largest absolute Gasteiger partial charge is 0.480 e. The van der Waals surface area contributed by atoms with E-state index in [0.29, 0.717) is 5.56 Å². The molecule has 0 bridgehead atoms. The minimum absolute atomic E-state index is 0.0752. The van der Waals surface area contributed by atoms with Crippen molar-refractivity contribution in [3.8, 4) is 0 Å². The number of hydrogen-bond donors (Lipinski definition) is 3. The van der Waals surface area contributed by atoms with Gasteiger partial charge < -0.3 is 15.7 Å². The second kappa shape index (κ2) is 9.98. The molecule has 6 nitrogen and oxygen atoms in total. The van der Waals surface area contributed by atoms with Crippen LogP contribution in [-0.2, 0) is 27.2 Å². The summed E-state index contributed by atoms with van der Waals surface area (Å²) in [5, 5.41) is 14.5. The molecule has 2 atom stereocenters. The maximum Gasteiger partial charge on any atom is 0.326 e. The summed E-state index contributed by atoms with van der Waals surface area (Å²) >= 11 is 3.36. The lowest BCUT2D eigenvalue weighted by atomic mass is 10.0. The fraction of sp³-hybridized carbons (Fsp3) is 0.250. The van der Waals surface area contributed by atoms with Crippen LogP contribution in [0.4, 0.5) is 4.39 Å². The molecule has 28 heavy (non-hydrogen) atoms. The zero-order valence-corrected chi connectivity index (χ0v) is 16.7. The van der Waals surface area contributed by atoms with E-state index in [-0.39, 0.29) is 12.8 Å². The number of benzene rings is 2. The molecule has 0 unspecified atom stereocenters. The Bertz CT molecular complexity index is 858. The molecule has 0 aromatic heterocycles. The summed E-state index contributed by atoms with van der Waals surface area (Å²) in [6.45, 7) is 1.26. The van der Waals surface area contributed by atoms with Gasteiger partial charge in [-0.3, -0.25) is 9.59 Å². The third-order valence-corrected chi connectivity index (χ3v) is 4.82. The minimum Gasteiger partial charge on any atom is -0.480 e. The van der Waals surface area contributed by atoms with Crippen LogP contribution in [0, 0.1) is 5.82 Å². The minimum atomic E-state index is -1.19. The Balaban J connectivity index is 2.14. The molecule has 8 heteroatoms. The van der Waals surface area contributed by atoms with Gasteiger partial charge in [-0.25, -0.2) is 9.18 Å². The van der Waals surface area contributed by atoms with Gasteiger partial charge in [-0.2, -0.15) is 0 Å². The van der Waals surface area contributed by atoms with Crippen LogP contribution in [0.2, 0.25) is 0 Å². The number of nitrogens with one attached hydrogen (secondary N) is 2. The zero-order valence-electron chi connectivity index (χ0n) is 15.1. The standard InChI is InChI=1S/C20H20BrFN2O4/c1-12(25)23-17(10-13-6-8-15(22)9-7-13)19(26)24-18(20(27)28)11-14-4-2-3-5-16(14)21/h2-9,17-18H,10-11H2,1H3,(H,23,25)(H,24,26)(H,27,28)/t17-,18-/m1/s1. The van der Waals surface area contributed by atoms with Crippen molar-refractivity contribution in [3.05, 3.63) is 69.9 Å². The van der Waals surface area contributed by atoms with Crippen molar-refractivity contribution in [1.29, 1.82) is 0 Å². The smallest absolute Gasteiger partial charge is 0.326 e. The molecule has 0 aliphatic rings. The number of carbonyl (C=O) groups excluding carboxylic acids is 2. The molecule has 0 spiro atoms. The molecular formula is C20H20BrFN2O4. The highest BCUT2D eigenvalue weighted by Crippen LogP contribution is 2.18. The Labute approximate surface area is 170 Å². The SMILES string of the molecule is CC(=O)N[C@H](Cc1ccc(F)cc1)C(=O)N[C@H](Cc1ccccc1Br)C(=O)O. The Morgan fingerprint density at radius 2 is 1.64 bits per heavy atom. The van der Waals surface area contributed by atoms with E-state index in [0.717, 1.165) is 10.0 Å². The average molecular weight is 451 g/mol. The third kappa shape index (κ3) is 6.45. The number of rotatable bonds is 8. The van der Waals surface area contributed by atoms with Crippen LogP contribution in [0.1, 0.15) is 18.1 Å². The van der Waals surface area contributed by atoms with E-state index in [9.17, 15) is 23.9 Å². The summed E-state index contributed by atoms with van der Waals surface area (Å²) < 4.78 is 13.8. The summed E-state index contributed by atoms with van der Waals surface area (Å²) in [7, 11) is 0. The van der Waals surface area contributed by atoms with Gasteiger partial charge in [0, 0.05) is 24.2 Å². The van der Waals surface area contributed by atoms with Crippen LogP contribution < -0.4 is 10.6 Å². The Kier molecular flexibility index (Phi) is 7.69. The first-order chi connectivity index (χ1) is 13.3. The normalized spacial score (nSPS) is 12.7. The summed E-state index contributed by atoms with van der Waals surface area (Å²) in [5.74, 6) is -2.66. The number of amides is 2. The number of carboxylic acids is 1. The lowest BCUT2D eigenvalue weighted by Crippen LogP contribution is -2.52. The van der Waals surface area contributed by atoms with E-state index in [1.54, 1.807) is 24.3 Å². The fourth-order valence-corrected chi connectivity index (χ4v) is 3.11. The maximum absolute atomic E-state index is 13.1.